The number of allylic oxidation sites excluding steroid dienone is 1. The second kappa shape index (κ2) is 6.04. The second-order valence-electron chi connectivity index (χ2n) is 6.55. The maximum Gasteiger partial charge on any atom is 0.124 e. The third-order valence-electron chi connectivity index (χ3n) is 4.97. The quantitative estimate of drug-likeness (QED) is 0.518. The largest absolute Gasteiger partial charge is 0.507 e. The number of likely N-dealkylation sites (tertiary alicyclic amines) is 1. The van der Waals surface area contributed by atoms with Crippen LogP contribution in [0.4, 0.5) is 0 Å². The standard InChI is InChI=1S/C17H25N5O/c18-13(12-3-1-2-4-15(12)23)9-14(16(19)20)22-7-5-17(6-8-22)10-21-11-17/h1-4,9,21,23H,5-8,10-11,18-20H2/b13-9-. The minimum atomic E-state index is 0.148. The number of rotatable bonds is 3. The topological polar surface area (TPSA) is 114 Å². The Labute approximate surface area is 136 Å². The fourth-order valence-electron chi connectivity index (χ4n) is 3.35. The van der Waals surface area contributed by atoms with E-state index in [4.69, 9.17) is 17.2 Å². The molecule has 3 rings (SSSR count). The SMILES string of the molecule is NC(N)=C(/C=C(\N)c1ccccc1O)N1CCC2(CC1)CNC2. The van der Waals surface area contributed by atoms with Crippen LogP contribution in [0, 0.1) is 5.41 Å². The van der Waals surface area contributed by atoms with Gasteiger partial charge in [0.15, 0.2) is 0 Å². The van der Waals surface area contributed by atoms with E-state index < -0.39 is 0 Å². The molecule has 2 saturated heterocycles. The Bertz CT molecular complexity index is 634. The summed E-state index contributed by atoms with van der Waals surface area (Å²) in [6, 6.07) is 6.98. The first-order valence-electron chi connectivity index (χ1n) is 7.97. The smallest absolute Gasteiger partial charge is 0.124 e. The van der Waals surface area contributed by atoms with Crippen molar-refractivity contribution in [2.75, 3.05) is 26.2 Å². The van der Waals surface area contributed by atoms with Crippen LogP contribution in [0.3, 0.4) is 0 Å². The van der Waals surface area contributed by atoms with Gasteiger partial charge in [0.05, 0.1) is 5.70 Å². The number of benzene rings is 1. The summed E-state index contributed by atoms with van der Waals surface area (Å²) in [7, 11) is 0. The molecule has 2 heterocycles. The van der Waals surface area contributed by atoms with E-state index in [1.807, 2.05) is 6.07 Å². The predicted molar refractivity (Wildman–Crippen MR) is 91.8 cm³/mol. The predicted octanol–water partition coefficient (Wildman–Crippen LogP) is 0.464. The molecule has 0 saturated carbocycles. The number of phenolic OH excluding ortho intramolecular Hbond substituents is 1. The molecule has 0 unspecified atom stereocenters. The normalized spacial score (nSPS) is 20.2. The Balaban J connectivity index is 1.79. The summed E-state index contributed by atoms with van der Waals surface area (Å²) in [5.41, 5.74) is 20.2. The highest BCUT2D eigenvalue weighted by Gasteiger charge is 2.39. The first kappa shape index (κ1) is 15.6. The highest BCUT2D eigenvalue weighted by molar-refractivity contribution is 5.69. The summed E-state index contributed by atoms with van der Waals surface area (Å²) >= 11 is 0. The number of phenols is 1. The van der Waals surface area contributed by atoms with Gasteiger partial charge in [-0.2, -0.15) is 0 Å². The highest BCUT2D eigenvalue weighted by Crippen LogP contribution is 2.36. The van der Waals surface area contributed by atoms with Crippen molar-refractivity contribution in [1.82, 2.24) is 10.2 Å². The summed E-state index contributed by atoms with van der Waals surface area (Å²) in [4.78, 5) is 2.19. The van der Waals surface area contributed by atoms with Gasteiger partial charge in [0.2, 0.25) is 0 Å². The molecule has 0 bridgehead atoms. The first-order valence-corrected chi connectivity index (χ1v) is 7.97. The average molecular weight is 315 g/mol. The molecule has 0 atom stereocenters. The van der Waals surface area contributed by atoms with Gasteiger partial charge in [-0.15, -0.1) is 0 Å². The van der Waals surface area contributed by atoms with E-state index in [9.17, 15) is 5.11 Å². The lowest BCUT2D eigenvalue weighted by Gasteiger charge is -2.49. The summed E-state index contributed by atoms with van der Waals surface area (Å²) in [5.74, 6) is 0.403. The van der Waals surface area contributed by atoms with Crippen molar-refractivity contribution in [1.29, 1.82) is 0 Å². The zero-order valence-electron chi connectivity index (χ0n) is 13.3. The molecule has 0 amide bonds. The van der Waals surface area contributed by atoms with E-state index in [-0.39, 0.29) is 11.6 Å². The van der Waals surface area contributed by atoms with E-state index in [0.717, 1.165) is 44.7 Å². The molecule has 8 N–H and O–H groups in total. The molecule has 1 aromatic carbocycles. The first-order chi connectivity index (χ1) is 11.0. The van der Waals surface area contributed by atoms with Crippen molar-refractivity contribution in [2.45, 2.75) is 12.8 Å². The van der Waals surface area contributed by atoms with Crippen molar-refractivity contribution < 1.29 is 5.11 Å². The fourth-order valence-corrected chi connectivity index (χ4v) is 3.35. The van der Waals surface area contributed by atoms with Crippen molar-refractivity contribution >= 4 is 5.70 Å². The van der Waals surface area contributed by atoms with E-state index in [1.165, 1.54) is 0 Å². The molecule has 1 aromatic rings. The number of hydrogen-bond donors (Lipinski definition) is 5. The van der Waals surface area contributed by atoms with Gasteiger partial charge in [0.1, 0.15) is 11.6 Å². The van der Waals surface area contributed by atoms with Crippen LogP contribution >= 0.6 is 0 Å². The lowest BCUT2D eigenvalue weighted by molar-refractivity contribution is 0.0712. The van der Waals surface area contributed by atoms with Crippen LogP contribution in [0.25, 0.3) is 5.70 Å². The Hall–Kier alpha value is -2.34. The fraction of sp³-hybridized carbons (Fsp3) is 0.412. The number of nitrogens with two attached hydrogens (primary N) is 3. The number of nitrogens with one attached hydrogen (secondary N) is 1. The number of nitrogens with zero attached hydrogens (tertiary/aromatic N) is 1. The third-order valence-corrected chi connectivity index (χ3v) is 4.97. The van der Waals surface area contributed by atoms with Crippen molar-refractivity contribution in [3.8, 4) is 5.75 Å². The zero-order valence-corrected chi connectivity index (χ0v) is 13.3. The maximum absolute atomic E-state index is 9.93. The van der Waals surface area contributed by atoms with Crippen LogP contribution in [-0.4, -0.2) is 36.2 Å². The van der Waals surface area contributed by atoms with Gasteiger partial charge in [0, 0.05) is 37.4 Å². The molecular formula is C17H25N5O. The van der Waals surface area contributed by atoms with Gasteiger partial charge in [0.25, 0.3) is 0 Å². The summed E-state index contributed by atoms with van der Waals surface area (Å²) in [5, 5.41) is 13.3. The monoisotopic (exact) mass is 315 g/mol. The molecule has 2 fully saturated rings. The van der Waals surface area contributed by atoms with Gasteiger partial charge >= 0.3 is 0 Å². The summed E-state index contributed by atoms with van der Waals surface area (Å²) < 4.78 is 0. The third kappa shape index (κ3) is 3.07. The van der Waals surface area contributed by atoms with E-state index >= 15 is 0 Å². The Morgan fingerprint density at radius 3 is 2.30 bits per heavy atom. The summed E-state index contributed by atoms with van der Waals surface area (Å²) in [6.45, 7) is 4.04. The van der Waals surface area contributed by atoms with Gasteiger partial charge in [-0.05, 0) is 36.5 Å². The van der Waals surface area contributed by atoms with Crippen LogP contribution in [0.5, 0.6) is 5.75 Å². The lowest BCUT2D eigenvalue weighted by Crippen LogP contribution is -2.58. The molecule has 2 aliphatic rings. The highest BCUT2D eigenvalue weighted by atomic mass is 16.3. The molecule has 23 heavy (non-hydrogen) atoms. The van der Waals surface area contributed by atoms with Crippen LogP contribution in [0.15, 0.2) is 41.9 Å². The lowest BCUT2D eigenvalue weighted by atomic mass is 9.73. The number of aromatic hydroxyl groups is 1. The molecule has 0 aromatic heterocycles. The minimum Gasteiger partial charge on any atom is -0.507 e. The van der Waals surface area contributed by atoms with Crippen molar-refractivity contribution in [3.05, 3.63) is 47.4 Å². The van der Waals surface area contributed by atoms with Gasteiger partial charge in [-0.3, -0.25) is 0 Å². The molecule has 1 spiro atoms. The molecular weight excluding hydrogens is 290 g/mol. The van der Waals surface area contributed by atoms with Crippen LogP contribution in [0.1, 0.15) is 18.4 Å². The van der Waals surface area contributed by atoms with Crippen molar-refractivity contribution in [2.24, 2.45) is 22.6 Å². The van der Waals surface area contributed by atoms with E-state index in [1.54, 1.807) is 24.3 Å². The molecule has 0 radical (unpaired) electrons. The van der Waals surface area contributed by atoms with Crippen molar-refractivity contribution in [3.63, 3.8) is 0 Å². The average Bonchev–Trinajstić information content (AvgIpc) is 2.51. The molecule has 6 nitrogen and oxygen atoms in total. The van der Waals surface area contributed by atoms with Gasteiger partial charge < -0.3 is 32.5 Å². The van der Waals surface area contributed by atoms with E-state index in [2.05, 4.69) is 10.2 Å². The Morgan fingerprint density at radius 2 is 1.78 bits per heavy atom. The molecule has 2 aliphatic heterocycles. The van der Waals surface area contributed by atoms with Gasteiger partial charge in [-0.25, -0.2) is 0 Å². The van der Waals surface area contributed by atoms with Gasteiger partial charge in [-0.1, -0.05) is 12.1 Å². The molecule has 124 valence electrons. The zero-order chi connectivity index (χ0) is 16.4. The molecule has 0 aliphatic carbocycles. The Kier molecular flexibility index (Phi) is 4.09. The Morgan fingerprint density at radius 1 is 1.13 bits per heavy atom. The van der Waals surface area contributed by atoms with E-state index in [0.29, 0.717) is 16.7 Å². The minimum absolute atomic E-state index is 0.148. The number of piperidine rings is 1. The summed E-state index contributed by atoms with van der Waals surface area (Å²) in [6.07, 6.45) is 4.02. The maximum atomic E-state index is 9.93. The number of para-hydroxylation sites is 1. The van der Waals surface area contributed by atoms with Crippen LogP contribution in [-0.2, 0) is 0 Å². The van der Waals surface area contributed by atoms with Crippen LogP contribution in [0.2, 0.25) is 0 Å². The molecule has 6 heteroatoms. The number of hydrogen-bond acceptors (Lipinski definition) is 6. The second-order valence-corrected chi connectivity index (χ2v) is 6.55. The van der Waals surface area contributed by atoms with Crippen LogP contribution < -0.4 is 22.5 Å².